The quantitative estimate of drug-likeness (QED) is 0.674. The van der Waals surface area contributed by atoms with Gasteiger partial charge in [0.05, 0.1) is 11.7 Å². The van der Waals surface area contributed by atoms with Crippen LogP contribution in [0, 0.1) is 0 Å². The van der Waals surface area contributed by atoms with Gasteiger partial charge in [0, 0.05) is 6.21 Å². The number of benzene rings is 1. The van der Waals surface area contributed by atoms with E-state index in [1.54, 1.807) is 5.12 Å². The minimum atomic E-state index is 0.324. The summed E-state index contributed by atoms with van der Waals surface area (Å²) in [5.74, 6) is 0. The summed E-state index contributed by atoms with van der Waals surface area (Å²) in [5, 5.41) is 5.97. The van der Waals surface area contributed by atoms with Crippen molar-refractivity contribution in [3.05, 3.63) is 30.3 Å². The van der Waals surface area contributed by atoms with Gasteiger partial charge in [-0.3, -0.25) is 0 Å². The number of nitrogens with zero attached hydrogens (tertiary/aromatic N) is 2. The normalized spacial score (nSPS) is 21.8. The molecule has 0 saturated heterocycles. The number of rotatable bonds is 1. The third kappa shape index (κ3) is 1.31. The predicted octanol–water partition coefficient (Wildman–Crippen LogP) is 1.39. The van der Waals surface area contributed by atoms with Gasteiger partial charge in [0.15, 0.2) is 0 Å². The van der Waals surface area contributed by atoms with E-state index in [9.17, 15) is 0 Å². The Labute approximate surface area is 71.7 Å². The molecule has 3 nitrogen and oxygen atoms in total. The second-order valence-electron chi connectivity index (χ2n) is 2.83. The van der Waals surface area contributed by atoms with Crippen molar-refractivity contribution in [2.75, 3.05) is 5.12 Å². The molecule has 1 atom stereocenters. The Hall–Kier alpha value is -1.35. The van der Waals surface area contributed by atoms with Gasteiger partial charge in [-0.2, -0.15) is 10.2 Å². The Morgan fingerprint density at radius 3 is 2.67 bits per heavy atom. The summed E-state index contributed by atoms with van der Waals surface area (Å²) < 4.78 is 0. The molecule has 62 valence electrons. The molecule has 1 aromatic carbocycles. The zero-order valence-corrected chi connectivity index (χ0v) is 6.94. The number of hydrazine groups is 1. The molecule has 2 rings (SSSR count). The van der Waals surface area contributed by atoms with Crippen LogP contribution in [0.1, 0.15) is 6.92 Å². The van der Waals surface area contributed by atoms with Gasteiger partial charge in [-0.25, -0.2) is 5.43 Å². The Balaban J connectivity index is 2.18. The molecule has 1 aliphatic rings. The van der Waals surface area contributed by atoms with Crippen molar-refractivity contribution in [3.63, 3.8) is 0 Å². The zero-order valence-electron chi connectivity index (χ0n) is 6.94. The summed E-state index contributed by atoms with van der Waals surface area (Å²) >= 11 is 0. The summed E-state index contributed by atoms with van der Waals surface area (Å²) in [6.07, 6.45) is 1.88. The van der Waals surface area contributed by atoms with Crippen LogP contribution in [0.15, 0.2) is 35.4 Å². The molecule has 0 amide bonds. The standard InChI is InChI=1S/C9H11N3/c1-8-7-10-12(11-8)9-5-3-2-4-6-9/h2-8,11H,1H3. The first kappa shape index (κ1) is 7.31. The highest BCUT2D eigenvalue weighted by Crippen LogP contribution is 2.13. The van der Waals surface area contributed by atoms with Crippen LogP contribution < -0.4 is 10.5 Å². The lowest BCUT2D eigenvalue weighted by Gasteiger charge is -2.14. The molecular formula is C9H11N3. The van der Waals surface area contributed by atoms with Gasteiger partial charge < -0.3 is 0 Å². The van der Waals surface area contributed by atoms with E-state index in [1.807, 2.05) is 36.5 Å². The van der Waals surface area contributed by atoms with E-state index in [4.69, 9.17) is 0 Å². The molecule has 0 aliphatic carbocycles. The third-order valence-corrected chi connectivity index (χ3v) is 1.73. The van der Waals surface area contributed by atoms with Crippen molar-refractivity contribution in [3.8, 4) is 0 Å². The number of hydrogen-bond donors (Lipinski definition) is 1. The maximum Gasteiger partial charge on any atom is 0.0779 e. The van der Waals surface area contributed by atoms with Crippen LogP contribution in [0.3, 0.4) is 0 Å². The van der Waals surface area contributed by atoms with Crippen LogP contribution >= 0.6 is 0 Å². The van der Waals surface area contributed by atoms with Gasteiger partial charge in [-0.15, -0.1) is 0 Å². The number of para-hydroxylation sites is 1. The van der Waals surface area contributed by atoms with Gasteiger partial charge in [0.2, 0.25) is 0 Å². The molecule has 1 unspecified atom stereocenters. The van der Waals surface area contributed by atoms with Crippen LogP contribution in [0.2, 0.25) is 0 Å². The highest BCUT2D eigenvalue weighted by atomic mass is 15.7. The van der Waals surface area contributed by atoms with Crippen LogP contribution in [0.5, 0.6) is 0 Å². The molecule has 0 spiro atoms. The molecule has 0 bridgehead atoms. The largest absolute Gasteiger partial charge is 0.205 e. The summed E-state index contributed by atoms with van der Waals surface area (Å²) in [4.78, 5) is 0. The topological polar surface area (TPSA) is 27.6 Å². The molecule has 0 saturated carbocycles. The molecule has 1 aromatic rings. The van der Waals surface area contributed by atoms with Gasteiger partial charge in [-0.1, -0.05) is 18.2 Å². The van der Waals surface area contributed by atoms with E-state index in [0.717, 1.165) is 5.69 Å². The summed E-state index contributed by atoms with van der Waals surface area (Å²) in [5.41, 5.74) is 4.25. The van der Waals surface area contributed by atoms with Crippen LogP contribution in [-0.4, -0.2) is 12.3 Å². The maximum absolute atomic E-state index is 4.18. The highest BCUT2D eigenvalue weighted by Gasteiger charge is 2.12. The van der Waals surface area contributed by atoms with E-state index < -0.39 is 0 Å². The van der Waals surface area contributed by atoms with E-state index in [0.29, 0.717) is 6.04 Å². The molecule has 3 heteroatoms. The zero-order chi connectivity index (χ0) is 8.39. The van der Waals surface area contributed by atoms with Gasteiger partial charge in [0.25, 0.3) is 0 Å². The predicted molar refractivity (Wildman–Crippen MR) is 50.0 cm³/mol. The Bertz CT molecular complexity index is 281. The SMILES string of the molecule is CC1C=NN(c2ccccc2)N1. The lowest BCUT2D eigenvalue weighted by atomic mass is 10.3. The lowest BCUT2D eigenvalue weighted by molar-refractivity contribution is 0.669. The van der Waals surface area contributed by atoms with Crippen molar-refractivity contribution in [1.29, 1.82) is 0 Å². The van der Waals surface area contributed by atoms with Gasteiger partial charge in [-0.05, 0) is 19.1 Å². The van der Waals surface area contributed by atoms with Gasteiger partial charge >= 0.3 is 0 Å². The number of hydrazone groups is 1. The molecule has 1 N–H and O–H groups in total. The summed E-state index contributed by atoms with van der Waals surface area (Å²) in [6, 6.07) is 10.3. The first-order valence-corrected chi connectivity index (χ1v) is 4.02. The first-order chi connectivity index (χ1) is 5.86. The fourth-order valence-electron chi connectivity index (χ4n) is 1.14. The fourth-order valence-corrected chi connectivity index (χ4v) is 1.14. The van der Waals surface area contributed by atoms with Crippen LogP contribution in [0.4, 0.5) is 5.69 Å². The molecule has 0 fully saturated rings. The van der Waals surface area contributed by atoms with Crippen LogP contribution in [-0.2, 0) is 0 Å². The van der Waals surface area contributed by atoms with Crippen LogP contribution in [0.25, 0.3) is 0 Å². The van der Waals surface area contributed by atoms with E-state index in [-0.39, 0.29) is 0 Å². The lowest BCUT2D eigenvalue weighted by Crippen LogP contribution is -2.33. The van der Waals surface area contributed by atoms with Crippen molar-refractivity contribution < 1.29 is 0 Å². The highest BCUT2D eigenvalue weighted by molar-refractivity contribution is 5.69. The second kappa shape index (κ2) is 2.95. The van der Waals surface area contributed by atoms with Gasteiger partial charge in [0.1, 0.15) is 0 Å². The molecule has 1 heterocycles. The fraction of sp³-hybridized carbons (Fsp3) is 0.222. The van der Waals surface area contributed by atoms with Crippen molar-refractivity contribution in [2.24, 2.45) is 5.10 Å². The maximum atomic E-state index is 4.18. The van der Waals surface area contributed by atoms with E-state index >= 15 is 0 Å². The smallest absolute Gasteiger partial charge is 0.0779 e. The Morgan fingerprint density at radius 1 is 1.33 bits per heavy atom. The Kier molecular flexibility index (Phi) is 1.80. The average molecular weight is 161 g/mol. The molecule has 1 aliphatic heterocycles. The third-order valence-electron chi connectivity index (χ3n) is 1.73. The summed E-state index contributed by atoms with van der Waals surface area (Å²) in [6.45, 7) is 2.06. The summed E-state index contributed by atoms with van der Waals surface area (Å²) in [7, 11) is 0. The average Bonchev–Trinajstić information content (AvgIpc) is 2.54. The number of nitrogens with one attached hydrogen (secondary N) is 1. The second-order valence-corrected chi connectivity index (χ2v) is 2.83. The van der Waals surface area contributed by atoms with Crippen molar-refractivity contribution in [2.45, 2.75) is 13.0 Å². The first-order valence-electron chi connectivity index (χ1n) is 4.02. The number of hydrogen-bond acceptors (Lipinski definition) is 3. The molecule has 0 radical (unpaired) electrons. The molecule has 12 heavy (non-hydrogen) atoms. The monoisotopic (exact) mass is 161 g/mol. The van der Waals surface area contributed by atoms with E-state index in [1.165, 1.54) is 0 Å². The number of anilines is 1. The Morgan fingerprint density at radius 2 is 2.08 bits per heavy atom. The minimum absolute atomic E-state index is 0.324. The molecule has 0 aromatic heterocycles. The van der Waals surface area contributed by atoms with Crippen molar-refractivity contribution >= 4 is 11.9 Å². The molecular weight excluding hydrogens is 150 g/mol. The minimum Gasteiger partial charge on any atom is -0.205 e. The van der Waals surface area contributed by atoms with Crippen molar-refractivity contribution in [1.82, 2.24) is 5.43 Å². The van der Waals surface area contributed by atoms with E-state index in [2.05, 4.69) is 17.5 Å².